The SMILES string of the molecule is COC1=CC(=O)C(C(C)(C)C)C1. The van der Waals surface area contributed by atoms with E-state index in [9.17, 15) is 4.79 Å². The van der Waals surface area contributed by atoms with Crippen LogP contribution in [0, 0.1) is 11.3 Å². The number of ketones is 1. The highest BCUT2D eigenvalue weighted by atomic mass is 16.5. The van der Waals surface area contributed by atoms with Crippen LogP contribution in [-0.2, 0) is 9.53 Å². The molecular formula is C10H16O2. The van der Waals surface area contributed by atoms with Crippen molar-refractivity contribution >= 4 is 5.78 Å². The zero-order valence-electron chi connectivity index (χ0n) is 8.18. The molecule has 1 atom stereocenters. The molecule has 2 heteroatoms. The molecule has 0 aromatic rings. The van der Waals surface area contributed by atoms with Crippen molar-refractivity contribution in [3.63, 3.8) is 0 Å². The molecule has 1 aliphatic carbocycles. The van der Waals surface area contributed by atoms with E-state index in [4.69, 9.17) is 4.74 Å². The molecule has 1 unspecified atom stereocenters. The second-order valence-corrected chi connectivity index (χ2v) is 4.34. The van der Waals surface area contributed by atoms with Gasteiger partial charge in [0.15, 0.2) is 5.78 Å². The van der Waals surface area contributed by atoms with E-state index in [1.165, 1.54) is 0 Å². The van der Waals surface area contributed by atoms with Gasteiger partial charge >= 0.3 is 0 Å². The molecule has 2 nitrogen and oxygen atoms in total. The van der Waals surface area contributed by atoms with Gasteiger partial charge in [0.2, 0.25) is 0 Å². The molecule has 0 fully saturated rings. The Morgan fingerprint density at radius 1 is 1.50 bits per heavy atom. The number of carbonyl (C=O) groups excluding carboxylic acids is 1. The smallest absolute Gasteiger partial charge is 0.163 e. The first-order chi connectivity index (χ1) is 5.45. The lowest BCUT2D eigenvalue weighted by Crippen LogP contribution is -2.24. The molecule has 0 aromatic heterocycles. The standard InChI is InChI=1S/C10H16O2/c1-10(2,3)8-5-7(12-4)6-9(8)11/h6,8H,5H2,1-4H3. The summed E-state index contributed by atoms with van der Waals surface area (Å²) in [6, 6.07) is 0. The molecular weight excluding hydrogens is 152 g/mol. The Balaban J connectivity index is 2.72. The van der Waals surface area contributed by atoms with Crippen LogP contribution < -0.4 is 0 Å². The average molecular weight is 168 g/mol. The lowest BCUT2D eigenvalue weighted by Gasteiger charge is -2.25. The lowest BCUT2D eigenvalue weighted by atomic mass is 9.79. The van der Waals surface area contributed by atoms with Crippen molar-refractivity contribution in [3.8, 4) is 0 Å². The molecule has 0 heterocycles. The summed E-state index contributed by atoms with van der Waals surface area (Å²) in [6.45, 7) is 6.26. The van der Waals surface area contributed by atoms with Crippen LogP contribution in [0.15, 0.2) is 11.8 Å². The van der Waals surface area contributed by atoms with E-state index in [0.717, 1.165) is 12.2 Å². The molecule has 0 N–H and O–H groups in total. The molecule has 68 valence electrons. The highest BCUT2D eigenvalue weighted by Gasteiger charge is 2.35. The Bertz CT molecular complexity index is 220. The van der Waals surface area contributed by atoms with Gasteiger partial charge in [-0.25, -0.2) is 0 Å². The Hall–Kier alpha value is -0.790. The third kappa shape index (κ3) is 1.68. The predicted molar refractivity (Wildman–Crippen MR) is 47.7 cm³/mol. The minimum absolute atomic E-state index is 0.0495. The summed E-state index contributed by atoms with van der Waals surface area (Å²) >= 11 is 0. The van der Waals surface area contributed by atoms with Crippen LogP contribution in [0.1, 0.15) is 27.2 Å². The molecule has 0 spiro atoms. The Morgan fingerprint density at radius 3 is 2.33 bits per heavy atom. The molecule has 0 aromatic carbocycles. The van der Waals surface area contributed by atoms with Gasteiger partial charge < -0.3 is 4.74 Å². The van der Waals surface area contributed by atoms with Crippen molar-refractivity contribution in [1.82, 2.24) is 0 Å². The van der Waals surface area contributed by atoms with Crippen LogP contribution in [0.4, 0.5) is 0 Å². The fraction of sp³-hybridized carbons (Fsp3) is 0.700. The number of methoxy groups -OCH3 is 1. The normalized spacial score (nSPS) is 24.2. The third-order valence-electron chi connectivity index (χ3n) is 2.36. The number of ether oxygens (including phenoxy) is 1. The zero-order valence-corrected chi connectivity index (χ0v) is 8.18. The largest absolute Gasteiger partial charge is 0.501 e. The summed E-state index contributed by atoms with van der Waals surface area (Å²) in [5, 5.41) is 0. The van der Waals surface area contributed by atoms with E-state index < -0.39 is 0 Å². The molecule has 1 rings (SSSR count). The van der Waals surface area contributed by atoms with E-state index >= 15 is 0 Å². The number of hydrogen-bond donors (Lipinski definition) is 0. The third-order valence-corrected chi connectivity index (χ3v) is 2.36. The summed E-state index contributed by atoms with van der Waals surface area (Å²) in [6.07, 6.45) is 2.38. The molecule has 1 aliphatic rings. The maximum Gasteiger partial charge on any atom is 0.163 e. The van der Waals surface area contributed by atoms with Gasteiger partial charge in [-0.1, -0.05) is 20.8 Å². The minimum atomic E-state index is 0.0495. The highest BCUT2D eigenvalue weighted by Crippen LogP contribution is 2.36. The van der Waals surface area contributed by atoms with Crippen molar-refractivity contribution in [2.24, 2.45) is 11.3 Å². The summed E-state index contributed by atoms with van der Waals surface area (Å²) in [7, 11) is 1.62. The minimum Gasteiger partial charge on any atom is -0.501 e. The number of allylic oxidation sites excluding steroid dienone is 2. The number of rotatable bonds is 1. The van der Waals surface area contributed by atoms with Gasteiger partial charge in [0, 0.05) is 18.4 Å². The van der Waals surface area contributed by atoms with E-state index in [1.54, 1.807) is 13.2 Å². The maximum atomic E-state index is 11.4. The lowest BCUT2D eigenvalue weighted by molar-refractivity contribution is -0.120. The first kappa shape index (κ1) is 9.30. The van der Waals surface area contributed by atoms with E-state index in [1.807, 2.05) is 0 Å². The monoisotopic (exact) mass is 168 g/mol. The topological polar surface area (TPSA) is 26.3 Å². The molecule has 0 amide bonds. The van der Waals surface area contributed by atoms with Gasteiger partial charge in [0.1, 0.15) is 0 Å². The van der Waals surface area contributed by atoms with Crippen LogP contribution in [0.3, 0.4) is 0 Å². The van der Waals surface area contributed by atoms with Crippen molar-refractivity contribution in [3.05, 3.63) is 11.8 Å². The van der Waals surface area contributed by atoms with Crippen LogP contribution in [-0.4, -0.2) is 12.9 Å². The maximum absolute atomic E-state index is 11.4. The molecule has 0 bridgehead atoms. The Labute approximate surface area is 73.6 Å². The quantitative estimate of drug-likeness (QED) is 0.599. The first-order valence-electron chi connectivity index (χ1n) is 4.23. The van der Waals surface area contributed by atoms with Crippen molar-refractivity contribution < 1.29 is 9.53 Å². The summed E-state index contributed by atoms with van der Waals surface area (Å²) in [5.41, 5.74) is 0.0495. The summed E-state index contributed by atoms with van der Waals surface area (Å²) in [4.78, 5) is 11.4. The van der Waals surface area contributed by atoms with Crippen molar-refractivity contribution in [2.75, 3.05) is 7.11 Å². The molecule has 0 aliphatic heterocycles. The van der Waals surface area contributed by atoms with Crippen molar-refractivity contribution in [2.45, 2.75) is 27.2 Å². The molecule has 0 saturated carbocycles. The van der Waals surface area contributed by atoms with Gasteiger partial charge in [0.25, 0.3) is 0 Å². The molecule has 0 radical (unpaired) electrons. The second-order valence-electron chi connectivity index (χ2n) is 4.34. The van der Waals surface area contributed by atoms with Crippen LogP contribution >= 0.6 is 0 Å². The van der Waals surface area contributed by atoms with Gasteiger partial charge in [-0.15, -0.1) is 0 Å². The average Bonchev–Trinajstić information content (AvgIpc) is 2.29. The Kier molecular flexibility index (Phi) is 2.27. The van der Waals surface area contributed by atoms with Gasteiger partial charge in [-0.05, 0) is 5.41 Å². The number of hydrogen-bond acceptors (Lipinski definition) is 2. The van der Waals surface area contributed by atoms with E-state index in [2.05, 4.69) is 20.8 Å². The number of carbonyl (C=O) groups is 1. The van der Waals surface area contributed by atoms with Crippen LogP contribution in [0.2, 0.25) is 0 Å². The molecule has 0 saturated heterocycles. The fourth-order valence-corrected chi connectivity index (χ4v) is 1.50. The predicted octanol–water partition coefficient (Wildman–Crippen LogP) is 2.15. The zero-order chi connectivity index (χ0) is 9.35. The van der Waals surface area contributed by atoms with Gasteiger partial charge in [0.05, 0.1) is 12.9 Å². The fourth-order valence-electron chi connectivity index (χ4n) is 1.50. The van der Waals surface area contributed by atoms with Gasteiger partial charge in [-0.2, -0.15) is 0 Å². The van der Waals surface area contributed by atoms with Gasteiger partial charge in [-0.3, -0.25) is 4.79 Å². The summed E-state index contributed by atoms with van der Waals surface area (Å²) < 4.78 is 5.05. The Morgan fingerprint density at radius 2 is 2.08 bits per heavy atom. The highest BCUT2D eigenvalue weighted by molar-refractivity contribution is 5.95. The van der Waals surface area contributed by atoms with E-state index in [0.29, 0.717) is 0 Å². The van der Waals surface area contributed by atoms with Crippen LogP contribution in [0.25, 0.3) is 0 Å². The summed E-state index contributed by atoms with van der Waals surface area (Å²) in [5.74, 6) is 1.13. The molecule has 12 heavy (non-hydrogen) atoms. The van der Waals surface area contributed by atoms with Crippen LogP contribution in [0.5, 0.6) is 0 Å². The van der Waals surface area contributed by atoms with E-state index in [-0.39, 0.29) is 17.1 Å². The van der Waals surface area contributed by atoms with Crippen molar-refractivity contribution in [1.29, 1.82) is 0 Å². The first-order valence-corrected chi connectivity index (χ1v) is 4.23. The second kappa shape index (κ2) is 2.92.